The Hall–Kier alpha value is -9.04. The van der Waals surface area contributed by atoms with Gasteiger partial charge in [0.05, 0.1) is 16.8 Å². The van der Waals surface area contributed by atoms with Crippen molar-refractivity contribution in [2.75, 3.05) is 4.90 Å². The molecule has 12 aromatic carbocycles. The first-order chi connectivity index (χ1) is 34.8. The molecule has 0 fully saturated rings. The van der Waals surface area contributed by atoms with Gasteiger partial charge in [-0.15, -0.1) is 0 Å². The van der Waals surface area contributed by atoms with Crippen LogP contribution in [0.1, 0.15) is 22.3 Å². The van der Waals surface area contributed by atoms with Crippen LogP contribution < -0.4 is 4.90 Å². The third kappa shape index (κ3) is 6.62. The molecule has 0 aromatic heterocycles. The van der Waals surface area contributed by atoms with Crippen molar-refractivity contribution in [2.24, 2.45) is 0 Å². The highest BCUT2D eigenvalue weighted by atomic mass is 15.1. The Labute approximate surface area is 409 Å². The van der Waals surface area contributed by atoms with Gasteiger partial charge in [-0.2, -0.15) is 0 Å². The van der Waals surface area contributed by atoms with Crippen LogP contribution in [-0.2, 0) is 5.41 Å². The molecule has 0 radical (unpaired) electrons. The van der Waals surface area contributed by atoms with Crippen molar-refractivity contribution in [2.45, 2.75) is 5.41 Å². The van der Waals surface area contributed by atoms with Gasteiger partial charge in [0.2, 0.25) is 0 Å². The van der Waals surface area contributed by atoms with E-state index in [0.29, 0.717) is 0 Å². The smallest absolute Gasteiger partial charge is 0.0714 e. The summed E-state index contributed by atoms with van der Waals surface area (Å²) in [5.74, 6) is 0. The van der Waals surface area contributed by atoms with E-state index in [1.807, 2.05) is 0 Å². The molecule has 0 amide bonds. The van der Waals surface area contributed by atoms with Crippen LogP contribution in [0.5, 0.6) is 0 Å². The Morgan fingerprint density at radius 2 is 0.671 bits per heavy atom. The lowest BCUT2D eigenvalue weighted by molar-refractivity contribution is 0.768. The normalized spacial score (nSPS) is 12.4. The number of rotatable bonds is 9. The monoisotopic (exact) mass is 889 g/mol. The summed E-state index contributed by atoms with van der Waals surface area (Å²) in [6.07, 6.45) is 0. The van der Waals surface area contributed by atoms with Gasteiger partial charge in [0.25, 0.3) is 0 Å². The van der Waals surface area contributed by atoms with Crippen molar-refractivity contribution < 1.29 is 0 Å². The molecule has 0 heterocycles. The van der Waals surface area contributed by atoms with Crippen LogP contribution in [0.15, 0.2) is 285 Å². The predicted molar refractivity (Wildman–Crippen MR) is 295 cm³/mol. The molecule has 1 aliphatic rings. The van der Waals surface area contributed by atoms with Crippen molar-refractivity contribution >= 4 is 38.6 Å². The lowest BCUT2D eigenvalue weighted by Gasteiger charge is -2.35. The zero-order chi connectivity index (χ0) is 46.4. The van der Waals surface area contributed by atoms with Gasteiger partial charge in [0.15, 0.2) is 0 Å². The number of fused-ring (bicyclic) bond motifs is 6. The molecule has 0 unspecified atom stereocenters. The highest BCUT2D eigenvalue weighted by Gasteiger charge is 2.46. The van der Waals surface area contributed by atoms with Crippen LogP contribution in [-0.4, -0.2) is 0 Å². The molecule has 0 atom stereocenters. The van der Waals surface area contributed by atoms with E-state index in [2.05, 4.69) is 290 Å². The molecule has 0 bridgehead atoms. The van der Waals surface area contributed by atoms with Crippen LogP contribution in [0.2, 0.25) is 0 Å². The van der Waals surface area contributed by atoms with Crippen molar-refractivity contribution in [1.82, 2.24) is 0 Å². The largest absolute Gasteiger partial charge is 0.309 e. The summed E-state index contributed by atoms with van der Waals surface area (Å²) in [7, 11) is 0. The molecule has 0 spiro atoms. The highest BCUT2D eigenvalue weighted by Crippen LogP contribution is 2.58. The second kappa shape index (κ2) is 17.2. The second-order valence-corrected chi connectivity index (χ2v) is 18.3. The summed E-state index contributed by atoms with van der Waals surface area (Å²) < 4.78 is 0. The minimum atomic E-state index is -0.556. The fourth-order valence-electron chi connectivity index (χ4n) is 11.6. The van der Waals surface area contributed by atoms with E-state index >= 15 is 0 Å². The number of nitrogens with zero attached hydrogens (tertiary/aromatic N) is 1. The summed E-state index contributed by atoms with van der Waals surface area (Å²) in [6.45, 7) is 0. The SMILES string of the molecule is c1ccc(-c2ccccc2N(c2ccc3c(c2)C(c2ccccc2)(c2ccccc2)c2ccccc2-3)c2ccccc2-c2ccc3c(c2)c(-c2ccccc2)c(-c2ccccc2)c2ccccc23)cc1. The third-order valence-electron chi connectivity index (χ3n) is 14.5. The Kier molecular flexibility index (Phi) is 10.1. The number of benzene rings is 12. The molecule has 0 saturated carbocycles. The van der Waals surface area contributed by atoms with Gasteiger partial charge in [-0.25, -0.2) is 0 Å². The summed E-state index contributed by atoms with van der Waals surface area (Å²) >= 11 is 0. The van der Waals surface area contributed by atoms with Gasteiger partial charge in [-0.05, 0) is 119 Å². The maximum atomic E-state index is 2.51. The van der Waals surface area contributed by atoms with Crippen LogP contribution in [0, 0.1) is 0 Å². The van der Waals surface area contributed by atoms with Crippen LogP contribution in [0.4, 0.5) is 17.1 Å². The van der Waals surface area contributed by atoms with Gasteiger partial charge in [-0.3, -0.25) is 0 Å². The van der Waals surface area contributed by atoms with Gasteiger partial charge in [0, 0.05) is 16.8 Å². The van der Waals surface area contributed by atoms with Crippen LogP contribution in [0.3, 0.4) is 0 Å². The van der Waals surface area contributed by atoms with E-state index < -0.39 is 5.41 Å². The standard InChI is InChI=1S/C69H47N/c1-6-24-48(25-7-1)55-34-19-22-40-65(55)70(54-43-45-60-59-37-18-21-39-63(59)69(64(60)47-54,52-30-12-4-13-31-52)53-32-14-5-15-33-53)66-41-23-20-35-56(66)51-42-44-58-57-36-16-17-38-61(57)67(49-26-8-2-9-27-49)68(62(58)46-51)50-28-10-3-11-29-50/h1-47H. The fraction of sp³-hybridized carbons (Fsp3) is 0.0145. The zero-order valence-corrected chi connectivity index (χ0v) is 38.6. The molecule has 1 nitrogen and oxygen atoms in total. The minimum absolute atomic E-state index is 0.556. The van der Waals surface area contributed by atoms with Gasteiger partial charge in [-0.1, -0.05) is 255 Å². The molecule has 328 valence electrons. The van der Waals surface area contributed by atoms with E-state index in [9.17, 15) is 0 Å². The molecule has 12 aromatic rings. The lowest BCUT2D eigenvalue weighted by atomic mass is 9.67. The van der Waals surface area contributed by atoms with E-state index in [-0.39, 0.29) is 0 Å². The third-order valence-corrected chi connectivity index (χ3v) is 14.5. The highest BCUT2D eigenvalue weighted by molar-refractivity contribution is 6.22. The fourth-order valence-corrected chi connectivity index (χ4v) is 11.6. The minimum Gasteiger partial charge on any atom is -0.309 e. The van der Waals surface area contributed by atoms with Crippen molar-refractivity contribution in [3.63, 3.8) is 0 Å². The average Bonchev–Trinajstić information content (AvgIpc) is 3.74. The summed E-state index contributed by atoms with van der Waals surface area (Å²) in [5, 5.41) is 4.95. The number of hydrogen-bond donors (Lipinski definition) is 0. The molecule has 1 aliphatic carbocycles. The molecule has 1 heteroatoms. The van der Waals surface area contributed by atoms with Gasteiger partial charge >= 0.3 is 0 Å². The van der Waals surface area contributed by atoms with Crippen molar-refractivity contribution in [3.05, 3.63) is 307 Å². The Bertz CT molecular complexity index is 3820. The number of anilines is 3. The van der Waals surface area contributed by atoms with Crippen molar-refractivity contribution in [3.8, 4) is 55.6 Å². The first-order valence-corrected chi connectivity index (χ1v) is 24.3. The zero-order valence-electron chi connectivity index (χ0n) is 38.6. The van der Waals surface area contributed by atoms with Gasteiger partial charge in [0.1, 0.15) is 0 Å². The Balaban J connectivity index is 1.10. The number of hydrogen-bond acceptors (Lipinski definition) is 1. The molecular weight excluding hydrogens is 843 g/mol. The summed E-state index contributed by atoms with van der Waals surface area (Å²) in [5.41, 5.74) is 19.8. The average molecular weight is 890 g/mol. The van der Waals surface area contributed by atoms with E-state index in [1.165, 1.54) is 77.2 Å². The topological polar surface area (TPSA) is 3.24 Å². The maximum Gasteiger partial charge on any atom is 0.0714 e. The van der Waals surface area contributed by atoms with Crippen LogP contribution >= 0.6 is 0 Å². The van der Waals surface area contributed by atoms with E-state index in [1.54, 1.807) is 0 Å². The Morgan fingerprint density at radius 3 is 1.27 bits per heavy atom. The molecule has 0 saturated heterocycles. The first kappa shape index (κ1) is 41.2. The maximum absolute atomic E-state index is 2.51. The first-order valence-electron chi connectivity index (χ1n) is 24.3. The molecule has 70 heavy (non-hydrogen) atoms. The summed E-state index contributed by atoms with van der Waals surface area (Å²) in [4.78, 5) is 2.51. The van der Waals surface area contributed by atoms with Crippen LogP contribution in [0.25, 0.3) is 77.2 Å². The summed E-state index contributed by atoms with van der Waals surface area (Å²) in [6, 6.07) is 105. The quantitative estimate of drug-likeness (QED) is 0.131. The van der Waals surface area contributed by atoms with E-state index in [0.717, 1.165) is 39.3 Å². The van der Waals surface area contributed by atoms with Gasteiger partial charge < -0.3 is 4.90 Å². The molecule has 13 rings (SSSR count). The van der Waals surface area contributed by atoms with Crippen molar-refractivity contribution in [1.29, 1.82) is 0 Å². The molecule has 0 N–H and O–H groups in total. The van der Waals surface area contributed by atoms with E-state index in [4.69, 9.17) is 0 Å². The lowest BCUT2D eigenvalue weighted by Crippen LogP contribution is -2.28. The number of para-hydroxylation sites is 2. The molecule has 0 aliphatic heterocycles. The second-order valence-electron chi connectivity index (χ2n) is 18.3. The molecular formula is C69H47N. The predicted octanol–water partition coefficient (Wildman–Crippen LogP) is 18.5. The Morgan fingerprint density at radius 1 is 0.243 bits per heavy atom.